The van der Waals surface area contributed by atoms with Crippen LogP contribution in [0.1, 0.15) is 31.9 Å². The zero-order valence-electron chi connectivity index (χ0n) is 16.9. The molecule has 0 aliphatic rings. The number of carbonyl (C=O) groups is 1. The molecule has 0 fully saturated rings. The topological polar surface area (TPSA) is 68.2 Å². The Bertz CT molecular complexity index is 849. The summed E-state index contributed by atoms with van der Waals surface area (Å²) in [7, 11) is 0. The number of aliphatic hydroxyl groups excluding tert-OH is 1. The van der Waals surface area contributed by atoms with Gasteiger partial charge in [0, 0.05) is 0 Å². The molecule has 0 saturated heterocycles. The lowest BCUT2D eigenvalue weighted by Gasteiger charge is -2.27. The van der Waals surface area contributed by atoms with Crippen LogP contribution in [0, 0.1) is 0 Å². The maximum atomic E-state index is 12.6. The summed E-state index contributed by atoms with van der Waals surface area (Å²) in [6.07, 6.45) is -5.51. The fraction of sp³-hybridized carbons (Fsp3) is 0.381. The fourth-order valence-electron chi connectivity index (χ4n) is 2.44. The molecule has 6 nitrogen and oxygen atoms in total. The molecule has 1 amide bonds. The average Bonchev–Trinajstić information content (AvgIpc) is 2.62. The molecule has 0 bridgehead atoms. The van der Waals surface area contributed by atoms with Crippen LogP contribution in [0.15, 0.2) is 48.5 Å². The van der Waals surface area contributed by atoms with E-state index >= 15 is 0 Å². The first-order valence-electron chi connectivity index (χ1n) is 9.10. The zero-order chi connectivity index (χ0) is 22.4. The van der Waals surface area contributed by atoms with E-state index < -0.39 is 18.1 Å². The number of amides is 1. The summed E-state index contributed by atoms with van der Waals surface area (Å²) >= 11 is 0. The number of hydrogen-bond donors (Lipinski definition) is 1. The molecule has 0 spiro atoms. The normalized spacial score (nSPS) is 11.7. The lowest BCUT2D eigenvalue weighted by molar-refractivity contribution is -0.274. The highest BCUT2D eigenvalue weighted by molar-refractivity contribution is 5.68. The Morgan fingerprint density at radius 1 is 1.00 bits per heavy atom. The minimum absolute atomic E-state index is 0.0658. The second-order valence-corrected chi connectivity index (χ2v) is 7.45. The van der Waals surface area contributed by atoms with Crippen LogP contribution in [-0.4, -0.2) is 34.8 Å². The van der Waals surface area contributed by atoms with Crippen molar-refractivity contribution in [3.8, 4) is 11.5 Å². The Labute approximate surface area is 172 Å². The highest BCUT2D eigenvalue weighted by Gasteiger charge is 2.31. The Kier molecular flexibility index (Phi) is 7.55. The monoisotopic (exact) mass is 427 g/mol. The lowest BCUT2D eigenvalue weighted by atomic mass is 10.2. The van der Waals surface area contributed by atoms with E-state index in [4.69, 9.17) is 9.47 Å². The van der Waals surface area contributed by atoms with E-state index in [9.17, 15) is 23.1 Å². The first-order chi connectivity index (χ1) is 13.9. The van der Waals surface area contributed by atoms with Crippen molar-refractivity contribution in [1.82, 2.24) is 4.90 Å². The number of rotatable bonds is 7. The number of benzene rings is 2. The molecular formula is C21H24F3NO5. The molecule has 2 aromatic carbocycles. The summed E-state index contributed by atoms with van der Waals surface area (Å²) in [6.45, 7) is 4.65. The van der Waals surface area contributed by atoms with Gasteiger partial charge in [0.2, 0.25) is 0 Å². The highest BCUT2D eigenvalue weighted by atomic mass is 19.4. The second-order valence-electron chi connectivity index (χ2n) is 7.45. The average molecular weight is 427 g/mol. The molecule has 0 heterocycles. The van der Waals surface area contributed by atoms with Gasteiger partial charge in [0.1, 0.15) is 17.1 Å². The largest absolute Gasteiger partial charge is 0.573 e. The van der Waals surface area contributed by atoms with Gasteiger partial charge in [-0.25, -0.2) is 4.79 Å². The number of nitrogens with zero attached hydrogens (tertiary/aromatic N) is 1. The summed E-state index contributed by atoms with van der Waals surface area (Å²) in [5.74, 6) is 0.0324. The van der Waals surface area contributed by atoms with Crippen LogP contribution in [0.2, 0.25) is 0 Å². The fourth-order valence-corrected chi connectivity index (χ4v) is 2.44. The first kappa shape index (κ1) is 23.3. The Morgan fingerprint density at radius 2 is 1.60 bits per heavy atom. The number of alkyl halides is 3. The van der Waals surface area contributed by atoms with Gasteiger partial charge in [-0.2, -0.15) is 0 Å². The molecule has 0 aromatic heterocycles. The summed E-state index contributed by atoms with van der Waals surface area (Å²) < 4.78 is 52.4. The molecular weight excluding hydrogens is 403 g/mol. The van der Waals surface area contributed by atoms with E-state index in [2.05, 4.69) is 4.74 Å². The van der Waals surface area contributed by atoms with Gasteiger partial charge < -0.3 is 19.3 Å². The van der Waals surface area contributed by atoms with E-state index in [0.29, 0.717) is 16.9 Å². The van der Waals surface area contributed by atoms with Crippen molar-refractivity contribution in [2.75, 3.05) is 6.73 Å². The van der Waals surface area contributed by atoms with Crippen LogP contribution in [0.4, 0.5) is 18.0 Å². The SMILES string of the molecule is CC(C)(C)OC(=O)N(COc1cccc(CO)c1)Cc1cccc(OC(F)(F)F)c1. The van der Waals surface area contributed by atoms with Crippen LogP contribution in [0.5, 0.6) is 11.5 Å². The Hall–Kier alpha value is -2.94. The number of halogens is 3. The maximum absolute atomic E-state index is 12.6. The van der Waals surface area contributed by atoms with Crippen LogP contribution in [0.3, 0.4) is 0 Å². The summed E-state index contributed by atoms with van der Waals surface area (Å²) in [6, 6.07) is 12.0. The smallest absolute Gasteiger partial charge is 0.473 e. The molecule has 0 unspecified atom stereocenters. The third-order valence-electron chi connectivity index (χ3n) is 3.63. The minimum Gasteiger partial charge on any atom is -0.473 e. The van der Waals surface area contributed by atoms with Gasteiger partial charge in [0.25, 0.3) is 0 Å². The van der Waals surface area contributed by atoms with E-state index in [1.165, 1.54) is 23.1 Å². The predicted octanol–water partition coefficient (Wildman–Crippen LogP) is 4.85. The van der Waals surface area contributed by atoms with E-state index in [-0.39, 0.29) is 25.6 Å². The second kappa shape index (κ2) is 9.71. The molecule has 2 aromatic rings. The quantitative estimate of drug-likeness (QED) is 0.640. The minimum atomic E-state index is -4.82. The Morgan fingerprint density at radius 3 is 2.20 bits per heavy atom. The molecule has 0 aliphatic carbocycles. The van der Waals surface area contributed by atoms with E-state index in [1.54, 1.807) is 51.1 Å². The van der Waals surface area contributed by atoms with Crippen molar-refractivity contribution in [2.45, 2.75) is 45.9 Å². The Balaban J connectivity index is 2.17. The van der Waals surface area contributed by atoms with Gasteiger partial charge in [0.15, 0.2) is 6.73 Å². The summed E-state index contributed by atoms with van der Waals surface area (Å²) in [5, 5.41) is 9.22. The molecule has 2 rings (SSSR count). The van der Waals surface area contributed by atoms with Crippen LogP contribution in [-0.2, 0) is 17.9 Å². The molecule has 0 atom stereocenters. The standard InChI is InChI=1S/C21H24F3NO5/c1-20(2,3)30-19(27)25(14-28-17-8-5-7-16(11-17)13-26)12-15-6-4-9-18(10-15)29-21(22,23)24/h4-11,26H,12-14H2,1-3H3. The summed E-state index contributed by atoms with van der Waals surface area (Å²) in [4.78, 5) is 13.8. The molecule has 9 heteroatoms. The highest BCUT2D eigenvalue weighted by Crippen LogP contribution is 2.24. The van der Waals surface area contributed by atoms with Gasteiger partial charge in [-0.1, -0.05) is 24.3 Å². The van der Waals surface area contributed by atoms with E-state index in [1.807, 2.05) is 0 Å². The lowest BCUT2D eigenvalue weighted by Crippen LogP contribution is -2.38. The number of ether oxygens (including phenoxy) is 3. The number of aliphatic hydroxyl groups is 1. The molecule has 164 valence electrons. The molecule has 1 N–H and O–H groups in total. The van der Waals surface area contributed by atoms with E-state index in [0.717, 1.165) is 0 Å². The molecule has 0 radical (unpaired) electrons. The predicted molar refractivity (Wildman–Crippen MR) is 103 cm³/mol. The van der Waals surface area contributed by atoms with Crippen molar-refractivity contribution in [1.29, 1.82) is 0 Å². The number of carbonyl (C=O) groups excluding carboxylic acids is 1. The van der Waals surface area contributed by atoms with Crippen molar-refractivity contribution >= 4 is 6.09 Å². The number of hydrogen-bond acceptors (Lipinski definition) is 5. The van der Waals surface area contributed by atoms with Crippen molar-refractivity contribution in [3.05, 3.63) is 59.7 Å². The van der Waals surface area contributed by atoms with Crippen LogP contribution >= 0.6 is 0 Å². The van der Waals surface area contributed by atoms with Crippen LogP contribution < -0.4 is 9.47 Å². The third-order valence-corrected chi connectivity index (χ3v) is 3.63. The molecule has 30 heavy (non-hydrogen) atoms. The molecule has 0 aliphatic heterocycles. The van der Waals surface area contributed by atoms with Gasteiger partial charge in [-0.15, -0.1) is 13.2 Å². The summed E-state index contributed by atoms with van der Waals surface area (Å²) in [5.41, 5.74) is 0.261. The van der Waals surface area contributed by atoms with Gasteiger partial charge in [-0.3, -0.25) is 4.90 Å². The van der Waals surface area contributed by atoms with Crippen molar-refractivity contribution < 1.29 is 37.3 Å². The first-order valence-corrected chi connectivity index (χ1v) is 9.10. The van der Waals surface area contributed by atoms with Gasteiger partial charge in [-0.05, 0) is 56.2 Å². The van der Waals surface area contributed by atoms with Crippen LogP contribution in [0.25, 0.3) is 0 Å². The molecule has 0 saturated carbocycles. The van der Waals surface area contributed by atoms with Crippen molar-refractivity contribution in [3.63, 3.8) is 0 Å². The zero-order valence-corrected chi connectivity index (χ0v) is 16.9. The van der Waals surface area contributed by atoms with Crippen molar-refractivity contribution in [2.24, 2.45) is 0 Å². The van der Waals surface area contributed by atoms with Gasteiger partial charge >= 0.3 is 12.5 Å². The maximum Gasteiger partial charge on any atom is 0.573 e. The third kappa shape index (κ3) is 8.20. The van der Waals surface area contributed by atoms with Gasteiger partial charge in [0.05, 0.1) is 13.2 Å².